The standard InChI is InChI=1S/C27H37N3O3/c1-20(2)15-17-30-23-11-8-7-10-22(23)29-26(30)12-6-5-9-16-28-27(31)19-21-13-14-24(32-3)25(18-21)33-4/h7-8,10-11,13-14,18,20H,5-6,9,12,15-17,19H2,1-4H3,(H,28,31). The number of nitrogens with one attached hydrogen (secondary N) is 1. The number of hydrogen-bond acceptors (Lipinski definition) is 4. The van der Waals surface area contributed by atoms with Crippen LogP contribution in [0.2, 0.25) is 0 Å². The van der Waals surface area contributed by atoms with Crippen molar-refractivity contribution >= 4 is 16.9 Å². The van der Waals surface area contributed by atoms with Crippen LogP contribution in [0.5, 0.6) is 11.5 Å². The number of benzene rings is 2. The third-order valence-electron chi connectivity index (χ3n) is 5.88. The van der Waals surface area contributed by atoms with E-state index >= 15 is 0 Å². The average Bonchev–Trinajstić information content (AvgIpc) is 3.17. The molecular formula is C27H37N3O3. The van der Waals surface area contributed by atoms with E-state index in [0.717, 1.165) is 49.7 Å². The van der Waals surface area contributed by atoms with Crippen LogP contribution in [0, 0.1) is 5.92 Å². The van der Waals surface area contributed by atoms with Gasteiger partial charge in [0.25, 0.3) is 0 Å². The zero-order valence-corrected chi connectivity index (χ0v) is 20.4. The molecule has 0 atom stereocenters. The highest BCUT2D eigenvalue weighted by Crippen LogP contribution is 2.27. The van der Waals surface area contributed by atoms with E-state index in [-0.39, 0.29) is 5.91 Å². The molecule has 1 aromatic heterocycles. The maximum Gasteiger partial charge on any atom is 0.224 e. The Labute approximate surface area is 197 Å². The number of imidazole rings is 1. The SMILES string of the molecule is COc1ccc(CC(=O)NCCCCCc2nc3ccccc3n2CCC(C)C)cc1OC. The number of aryl methyl sites for hydroxylation is 2. The van der Waals surface area contributed by atoms with E-state index in [1.165, 1.54) is 11.3 Å². The molecule has 33 heavy (non-hydrogen) atoms. The second kappa shape index (κ2) is 12.3. The zero-order valence-electron chi connectivity index (χ0n) is 20.4. The molecule has 6 heteroatoms. The summed E-state index contributed by atoms with van der Waals surface area (Å²) in [5.41, 5.74) is 3.22. The molecule has 0 aliphatic heterocycles. The van der Waals surface area contributed by atoms with Gasteiger partial charge in [-0.3, -0.25) is 4.79 Å². The summed E-state index contributed by atoms with van der Waals surface area (Å²) < 4.78 is 12.9. The fourth-order valence-electron chi connectivity index (χ4n) is 4.00. The number of hydrogen-bond donors (Lipinski definition) is 1. The largest absolute Gasteiger partial charge is 0.493 e. The van der Waals surface area contributed by atoms with Gasteiger partial charge in [0, 0.05) is 19.5 Å². The van der Waals surface area contributed by atoms with Crippen molar-refractivity contribution in [1.82, 2.24) is 14.9 Å². The molecule has 6 nitrogen and oxygen atoms in total. The summed E-state index contributed by atoms with van der Waals surface area (Å²) >= 11 is 0. The van der Waals surface area contributed by atoms with Crippen LogP contribution in [0.15, 0.2) is 42.5 Å². The highest BCUT2D eigenvalue weighted by atomic mass is 16.5. The van der Waals surface area contributed by atoms with Crippen molar-refractivity contribution in [3.8, 4) is 11.5 Å². The molecule has 0 aliphatic rings. The fourth-order valence-corrected chi connectivity index (χ4v) is 4.00. The summed E-state index contributed by atoms with van der Waals surface area (Å²) in [5.74, 6) is 3.18. The van der Waals surface area contributed by atoms with Crippen LogP contribution in [0.4, 0.5) is 0 Å². The molecule has 0 radical (unpaired) electrons. The first kappa shape index (κ1) is 24.6. The molecule has 2 aromatic carbocycles. The Kier molecular flexibility index (Phi) is 9.16. The van der Waals surface area contributed by atoms with Gasteiger partial charge in [-0.2, -0.15) is 0 Å². The normalized spacial score (nSPS) is 11.2. The van der Waals surface area contributed by atoms with Crippen LogP contribution < -0.4 is 14.8 Å². The Hall–Kier alpha value is -3.02. The number of nitrogens with zero attached hydrogens (tertiary/aromatic N) is 2. The van der Waals surface area contributed by atoms with Gasteiger partial charge in [0.15, 0.2) is 11.5 Å². The van der Waals surface area contributed by atoms with E-state index in [1.54, 1.807) is 14.2 Å². The number of para-hydroxylation sites is 2. The van der Waals surface area contributed by atoms with Gasteiger partial charge in [0.1, 0.15) is 5.82 Å². The molecule has 3 aromatic rings. The molecule has 1 amide bonds. The zero-order chi connectivity index (χ0) is 23.6. The molecule has 0 unspecified atom stereocenters. The summed E-state index contributed by atoms with van der Waals surface area (Å²) in [6.07, 6.45) is 5.54. The molecule has 3 rings (SSSR count). The van der Waals surface area contributed by atoms with Crippen molar-refractivity contribution in [1.29, 1.82) is 0 Å². The molecular weight excluding hydrogens is 414 g/mol. The summed E-state index contributed by atoms with van der Waals surface area (Å²) in [6.45, 7) is 6.23. The van der Waals surface area contributed by atoms with Gasteiger partial charge in [-0.15, -0.1) is 0 Å². The van der Waals surface area contributed by atoms with Crippen LogP contribution in [0.1, 0.15) is 50.9 Å². The fraction of sp³-hybridized carbons (Fsp3) is 0.481. The van der Waals surface area contributed by atoms with E-state index in [0.29, 0.717) is 30.4 Å². The summed E-state index contributed by atoms with van der Waals surface area (Å²) in [7, 11) is 3.20. The van der Waals surface area contributed by atoms with E-state index in [1.807, 2.05) is 18.2 Å². The van der Waals surface area contributed by atoms with Gasteiger partial charge in [0.2, 0.25) is 5.91 Å². The van der Waals surface area contributed by atoms with Gasteiger partial charge in [-0.25, -0.2) is 4.98 Å². The first-order valence-electron chi connectivity index (χ1n) is 11.9. The number of carbonyl (C=O) groups excluding carboxylic acids is 1. The highest BCUT2D eigenvalue weighted by Gasteiger charge is 2.11. The number of unbranched alkanes of at least 4 members (excludes halogenated alkanes) is 2. The first-order valence-corrected chi connectivity index (χ1v) is 11.9. The summed E-state index contributed by atoms with van der Waals surface area (Å²) in [6, 6.07) is 14.0. The first-order chi connectivity index (χ1) is 16.0. The van der Waals surface area contributed by atoms with Gasteiger partial charge in [-0.05, 0) is 55.0 Å². The van der Waals surface area contributed by atoms with Crippen molar-refractivity contribution < 1.29 is 14.3 Å². The second-order valence-corrected chi connectivity index (χ2v) is 8.88. The van der Waals surface area contributed by atoms with E-state index in [2.05, 4.69) is 48.0 Å². The molecule has 0 aliphatic carbocycles. The van der Waals surface area contributed by atoms with E-state index in [4.69, 9.17) is 14.5 Å². The van der Waals surface area contributed by atoms with Gasteiger partial charge in [0.05, 0.1) is 31.7 Å². The number of amides is 1. The lowest BCUT2D eigenvalue weighted by Crippen LogP contribution is -2.26. The molecule has 1 heterocycles. The van der Waals surface area contributed by atoms with Crippen LogP contribution >= 0.6 is 0 Å². The lowest BCUT2D eigenvalue weighted by molar-refractivity contribution is -0.120. The minimum atomic E-state index is 0.0256. The molecule has 178 valence electrons. The number of ether oxygens (including phenoxy) is 2. The van der Waals surface area contributed by atoms with Crippen LogP contribution in [0.25, 0.3) is 11.0 Å². The third kappa shape index (κ3) is 6.98. The molecule has 0 bridgehead atoms. The number of methoxy groups -OCH3 is 2. The van der Waals surface area contributed by atoms with Crippen molar-refractivity contribution in [2.75, 3.05) is 20.8 Å². The smallest absolute Gasteiger partial charge is 0.224 e. The highest BCUT2D eigenvalue weighted by molar-refractivity contribution is 5.78. The monoisotopic (exact) mass is 451 g/mol. The minimum Gasteiger partial charge on any atom is -0.493 e. The Balaban J connectivity index is 1.42. The van der Waals surface area contributed by atoms with Gasteiger partial charge >= 0.3 is 0 Å². The van der Waals surface area contributed by atoms with Crippen molar-refractivity contribution in [2.24, 2.45) is 5.92 Å². The predicted octanol–water partition coefficient (Wildman–Crippen LogP) is 5.17. The number of fused-ring (bicyclic) bond motifs is 1. The summed E-state index contributed by atoms with van der Waals surface area (Å²) in [4.78, 5) is 17.2. The Morgan fingerprint density at radius 3 is 2.58 bits per heavy atom. The van der Waals surface area contributed by atoms with E-state index in [9.17, 15) is 4.79 Å². The van der Waals surface area contributed by atoms with E-state index < -0.39 is 0 Å². The number of rotatable bonds is 13. The van der Waals surface area contributed by atoms with Gasteiger partial charge in [-0.1, -0.05) is 38.5 Å². The van der Waals surface area contributed by atoms with Crippen molar-refractivity contribution in [3.05, 3.63) is 53.9 Å². The van der Waals surface area contributed by atoms with Crippen LogP contribution in [-0.2, 0) is 24.2 Å². The maximum atomic E-state index is 12.3. The Morgan fingerprint density at radius 2 is 1.82 bits per heavy atom. The van der Waals surface area contributed by atoms with Crippen LogP contribution in [-0.4, -0.2) is 36.2 Å². The second-order valence-electron chi connectivity index (χ2n) is 8.88. The molecule has 0 spiro atoms. The van der Waals surface area contributed by atoms with Crippen LogP contribution in [0.3, 0.4) is 0 Å². The maximum absolute atomic E-state index is 12.3. The number of aromatic nitrogens is 2. The quantitative estimate of drug-likeness (QED) is 0.364. The summed E-state index contributed by atoms with van der Waals surface area (Å²) in [5, 5.41) is 3.03. The third-order valence-corrected chi connectivity index (χ3v) is 5.88. The molecule has 1 N–H and O–H groups in total. The lowest BCUT2D eigenvalue weighted by atomic mass is 10.1. The molecule has 0 saturated carbocycles. The number of carbonyl (C=O) groups is 1. The average molecular weight is 452 g/mol. The minimum absolute atomic E-state index is 0.0256. The van der Waals surface area contributed by atoms with Crippen molar-refractivity contribution in [2.45, 2.75) is 58.9 Å². The molecule has 0 fully saturated rings. The predicted molar refractivity (Wildman–Crippen MR) is 133 cm³/mol. The topological polar surface area (TPSA) is 65.4 Å². The van der Waals surface area contributed by atoms with Crippen molar-refractivity contribution in [3.63, 3.8) is 0 Å². The molecule has 0 saturated heterocycles. The Bertz CT molecular complexity index is 1040. The lowest BCUT2D eigenvalue weighted by Gasteiger charge is -2.11. The Morgan fingerprint density at radius 1 is 1.03 bits per heavy atom. The van der Waals surface area contributed by atoms with Gasteiger partial charge < -0.3 is 19.4 Å².